The molecule has 1 aliphatic heterocycles. The molecule has 2 aromatic carbocycles. The van der Waals surface area contributed by atoms with Gasteiger partial charge in [-0.2, -0.15) is 0 Å². The number of hydrogen-bond donors (Lipinski definition) is 1. The largest absolute Gasteiger partial charge is 0.497 e. The molecule has 0 saturated carbocycles. The molecule has 0 radical (unpaired) electrons. The highest BCUT2D eigenvalue weighted by Crippen LogP contribution is 2.28. The van der Waals surface area contributed by atoms with Gasteiger partial charge < -0.3 is 15.0 Å². The zero-order chi connectivity index (χ0) is 20.1. The average Bonchev–Trinajstić information content (AvgIpc) is 3.14. The average molecular weight is 380 g/mol. The van der Waals surface area contributed by atoms with Crippen molar-refractivity contribution in [2.24, 2.45) is 5.92 Å². The smallest absolute Gasteiger partial charge is 0.249 e. The number of ether oxygens (including phenoxy) is 1. The second-order valence-corrected chi connectivity index (χ2v) is 7.51. The number of anilines is 1. The number of methoxy groups -OCH3 is 1. The van der Waals surface area contributed by atoms with Crippen LogP contribution in [0.4, 0.5) is 5.69 Å². The van der Waals surface area contributed by atoms with Gasteiger partial charge in [-0.05, 0) is 48.1 Å². The van der Waals surface area contributed by atoms with Gasteiger partial charge in [0.1, 0.15) is 11.8 Å². The van der Waals surface area contributed by atoms with E-state index in [1.165, 1.54) is 5.56 Å². The molecule has 0 unspecified atom stereocenters. The van der Waals surface area contributed by atoms with E-state index in [4.69, 9.17) is 4.74 Å². The Balaban J connectivity index is 1.61. The van der Waals surface area contributed by atoms with Crippen molar-refractivity contribution < 1.29 is 14.3 Å². The Bertz CT molecular complexity index is 830. The van der Waals surface area contributed by atoms with Gasteiger partial charge in [0.25, 0.3) is 0 Å². The van der Waals surface area contributed by atoms with Crippen molar-refractivity contribution in [1.82, 2.24) is 5.32 Å². The number of carbonyl (C=O) groups is 2. The Morgan fingerprint density at radius 1 is 1.11 bits per heavy atom. The number of hydrogen-bond acceptors (Lipinski definition) is 3. The Hall–Kier alpha value is -2.82. The van der Waals surface area contributed by atoms with Crippen molar-refractivity contribution in [2.75, 3.05) is 18.6 Å². The van der Waals surface area contributed by atoms with Crippen molar-refractivity contribution in [3.05, 3.63) is 59.7 Å². The summed E-state index contributed by atoms with van der Waals surface area (Å²) in [6.07, 6.45) is 1.83. The van der Waals surface area contributed by atoms with Crippen LogP contribution in [0, 0.1) is 5.92 Å². The van der Waals surface area contributed by atoms with E-state index in [2.05, 4.69) is 11.4 Å². The van der Waals surface area contributed by atoms with Gasteiger partial charge in [-0.3, -0.25) is 9.59 Å². The lowest BCUT2D eigenvalue weighted by atomic mass is 10.0. The number of fused-ring (bicyclic) bond motifs is 1. The summed E-state index contributed by atoms with van der Waals surface area (Å²) in [5, 5.41) is 2.96. The van der Waals surface area contributed by atoms with E-state index in [-0.39, 0.29) is 17.7 Å². The van der Waals surface area contributed by atoms with Crippen LogP contribution < -0.4 is 15.0 Å². The van der Waals surface area contributed by atoms with Crippen LogP contribution in [0.15, 0.2) is 48.5 Å². The fourth-order valence-corrected chi connectivity index (χ4v) is 3.54. The van der Waals surface area contributed by atoms with Crippen molar-refractivity contribution in [2.45, 2.75) is 39.2 Å². The molecule has 5 heteroatoms. The van der Waals surface area contributed by atoms with Crippen LogP contribution in [0.5, 0.6) is 5.75 Å². The number of nitrogens with one attached hydrogen (secondary N) is 1. The minimum Gasteiger partial charge on any atom is -0.497 e. The molecule has 0 bridgehead atoms. The van der Waals surface area contributed by atoms with Gasteiger partial charge in [0.15, 0.2) is 0 Å². The molecule has 148 valence electrons. The highest BCUT2D eigenvalue weighted by Gasteiger charge is 2.32. The first-order valence-electron chi connectivity index (χ1n) is 9.81. The lowest BCUT2D eigenvalue weighted by Gasteiger charge is -2.27. The number of rotatable bonds is 7. The van der Waals surface area contributed by atoms with Gasteiger partial charge >= 0.3 is 0 Å². The van der Waals surface area contributed by atoms with E-state index >= 15 is 0 Å². The highest BCUT2D eigenvalue weighted by atomic mass is 16.5. The molecule has 2 aromatic rings. The van der Waals surface area contributed by atoms with E-state index < -0.39 is 6.04 Å². The van der Waals surface area contributed by atoms with Crippen LogP contribution in [-0.2, 0) is 22.4 Å². The van der Waals surface area contributed by atoms with Crippen molar-refractivity contribution >= 4 is 17.5 Å². The number of carbonyl (C=O) groups excluding carboxylic acids is 2. The molecule has 1 heterocycles. The summed E-state index contributed by atoms with van der Waals surface area (Å²) >= 11 is 0. The molecule has 0 saturated heterocycles. The predicted octanol–water partition coefficient (Wildman–Crippen LogP) is 3.36. The Labute approximate surface area is 166 Å². The topological polar surface area (TPSA) is 58.6 Å². The molecule has 28 heavy (non-hydrogen) atoms. The van der Waals surface area contributed by atoms with E-state index in [1.807, 2.05) is 61.2 Å². The Morgan fingerprint density at radius 3 is 2.50 bits per heavy atom. The van der Waals surface area contributed by atoms with Gasteiger partial charge in [-0.25, -0.2) is 0 Å². The molecular formula is C23H28N2O3. The van der Waals surface area contributed by atoms with Crippen molar-refractivity contribution in [1.29, 1.82) is 0 Å². The molecule has 3 rings (SSSR count). The van der Waals surface area contributed by atoms with Crippen molar-refractivity contribution in [3.8, 4) is 5.75 Å². The van der Waals surface area contributed by atoms with E-state index in [0.717, 1.165) is 23.4 Å². The quantitative estimate of drug-likeness (QED) is 0.801. The first kappa shape index (κ1) is 19.9. The molecule has 0 spiro atoms. The zero-order valence-electron chi connectivity index (χ0n) is 16.8. The molecule has 0 aromatic heterocycles. The molecular weight excluding hydrogens is 352 g/mol. The van der Waals surface area contributed by atoms with Gasteiger partial charge in [-0.15, -0.1) is 0 Å². The lowest BCUT2D eigenvalue weighted by Crippen LogP contribution is -2.51. The number of para-hydroxylation sites is 1. The van der Waals surface area contributed by atoms with Crippen LogP contribution in [0.25, 0.3) is 0 Å². The molecule has 1 N–H and O–H groups in total. The monoisotopic (exact) mass is 380 g/mol. The third-order valence-corrected chi connectivity index (χ3v) is 5.20. The van der Waals surface area contributed by atoms with E-state index in [0.29, 0.717) is 19.4 Å². The van der Waals surface area contributed by atoms with Crippen LogP contribution in [0.1, 0.15) is 31.4 Å². The highest BCUT2D eigenvalue weighted by molar-refractivity contribution is 6.00. The van der Waals surface area contributed by atoms with Crippen LogP contribution in [-0.4, -0.2) is 31.5 Å². The molecule has 0 fully saturated rings. The van der Waals surface area contributed by atoms with Crippen LogP contribution in [0.2, 0.25) is 0 Å². The second kappa shape index (κ2) is 8.91. The maximum Gasteiger partial charge on any atom is 0.249 e. The van der Waals surface area contributed by atoms with Crippen molar-refractivity contribution in [3.63, 3.8) is 0 Å². The zero-order valence-corrected chi connectivity index (χ0v) is 16.8. The molecule has 5 nitrogen and oxygen atoms in total. The fourth-order valence-electron chi connectivity index (χ4n) is 3.54. The van der Waals surface area contributed by atoms with Gasteiger partial charge in [0.05, 0.1) is 7.11 Å². The predicted molar refractivity (Wildman–Crippen MR) is 111 cm³/mol. The van der Waals surface area contributed by atoms with Gasteiger partial charge in [0, 0.05) is 18.7 Å². The maximum absolute atomic E-state index is 13.1. The standard InChI is InChI=1S/C23H28N2O3/c1-16(2)22(23(27)25-15-14-18-6-4-5-7-20(18)25)24-21(26)13-10-17-8-11-19(28-3)12-9-17/h4-9,11-12,16,22H,10,13-15H2,1-3H3,(H,24,26)/t22-/m0/s1. The summed E-state index contributed by atoms with van der Waals surface area (Å²) < 4.78 is 5.15. The van der Waals surface area contributed by atoms with E-state index in [9.17, 15) is 9.59 Å². The minimum absolute atomic E-state index is 0.0187. The van der Waals surface area contributed by atoms with E-state index in [1.54, 1.807) is 7.11 Å². The molecule has 1 aliphatic rings. The first-order chi connectivity index (χ1) is 13.5. The number of nitrogens with zero attached hydrogens (tertiary/aromatic N) is 1. The summed E-state index contributed by atoms with van der Waals surface area (Å²) in [6.45, 7) is 4.60. The van der Waals surface area contributed by atoms with Gasteiger partial charge in [-0.1, -0.05) is 44.2 Å². The first-order valence-corrected chi connectivity index (χ1v) is 9.81. The van der Waals surface area contributed by atoms with Crippen LogP contribution >= 0.6 is 0 Å². The summed E-state index contributed by atoms with van der Waals surface area (Å²) in [6, 6.07) is 15.1. The van der Waals surface area contributed by atoms with Gasteiger partial charge in [0.2, 0.25) is 11.8 Å². The lowest BCUT2D eigenvalue weighted by molar-refractivity contribution is -0.128. The fraction of sp³-hybridized carbons (Fsp3) is 0.391. The number of amides is 2. The maximum atomic E-state index is 13.1. The number of aryl methyl sites for hydroxylation is 1. The Kier molecular flexibility index (Phi) is 6.34. The third-order valence-electron chi connectivity index (χ3n) is 5.20. The summed E-state index contributed by atoms with van der Waals surface area (Å²) in [5.74, 6) is 0.683. The summed E-state index contributed by atoms with van der Waals surface area (Å²) in [4.78, 5) is 27.4. The Morgan fingerprint density at radius 2 is 1.82 bits per heavy atom. The molecule has 1 atom stereocenters. The molecule has 2 amide bonds. The normalized spacial score (nSPS) is 13.9. The minimum atomic E-state index is -0.519. The summed E-state index contributed by atoms with van der Waals surface area (Å²) in [7, 11) is 1.63. The summed E-state index contributed by atoms with van der Waals surface area (Å²) in [5.41, 5.74) is 3.21. The molecule has 0 aliphatic carbocycles. The third kappa shape index (κ3) is 4.53. The SMILES string of the molecule is COc1ccc(CCC(=O)N[C@H](C(=O)N2CCc3ccccc32)C(C)C)cc1. The second-order valence-electron chi connectivity index (χ2n) is 7.51. The van der Waals surface area contributed by atoms with Crippen LogP contribution in [0.3, 0.4) is 0 Å². The number of benzene rings is 2.